The summed E-state index contributed by atoms with van der Waals surface area (Å²) in [5, 5.41) is 9.60. The van der Waals surface area contributed by atoms with E-state index in [2.05, 4.69) is 20.2 Å². The van der Waals surface area contributed by atoms with Gasteiger partial charge in [-0.25, -0.2) is 13.1 Å². The van der Waals surface area contributed by atoms with Gasteiger partial charge in [-0.3, -0.25) is 9.89 Å². The van der Waals surface area contributed by atoms with Crippen LogP contribution < -0.4 is 10.0 Å². The van der Waals surface area contributed by atoms with Gasteiger partial charge in [0.15, 0.2) is 0 Å². The Kier molecular flexibility index (Phi) is 5.38. The van der Waals surface area contributed by atoms with Gasteiger partial charge in [-0.05, 0) is 56.3 Å². The lowest BCUT2D eigenvalue weighted by molar-refractivity contribution is 0.102. The van der Waals surface area contributed by atoms with Crippen molar-refractivity contribution in [3.63, 3.8) is 0 Å². The Balaban J connectivity index is 1.74. The molecule has 0 spiro atoms. The molecule has 0 aliphatic heterocycles. The van der Waals surface area contributed by atoms with Crippen molar-refractivity contribution in [1.29, 1.82) is 0 Å². The molecule has 3 rings (SSSR count). The SMILES string of the molecule is CC(C)NS(=O)(=O)c1ccc(C(=O)Nc2cccc(-c3ccn[nH]3)c2)cc1. The molecular weight excluding hydrogens is 364 g/mol. The highest BCUT2D eigenvalue weighted by atomic mass is 32.2. The maximum atomic E-state index is 12.5. The van der Waals surface area contributed by atoms with Gasteiger partial charge in [0, 0.05) is 29.1 Å². The number of hydrogen-bond acceptors (Lipinski definition) is 4. The molecule has 0 bridgehead atoms. The number of hydrogen-bond donors (Lipinski definition) is 3. The summed E-state index contributed by atoms with van der Waals surface area (Å²) < 4.78 is 26.8. The fraction of sp³-hybridized carbons (Fsp3) is 0.158. The van der Waals surface area contributed by atoms with E-state index in [9.17, 15) is 13.2 Å². The molecule has 7 nitrogen and oxygen atoms in total. The highest BCUT2D eigenvalue weighted by Gasteiger charge is 2.16. The predicted octanol–water partition coefficient (Wildman–Crippen LogP) is 3.02. The van der Waals surface area contributed by atoms with Gasteiger partial charge in [0.1, 0.15) is 0 Å². The number of anilines is 1. The van der Waals surface area contributed by atoms with E-state index in [1.807, 2.05) is 24.3 Å². The number of aromatic nitrogens is 2. The van der Waals surface area contributed by atoms with E-state index in [0.29, 0.717) is 11.3 Å². The van der Waals surface area contributed by atoms with E-state index >= 15 is 0 Å². The van der Waals surface area contributed by atoms with Gasteiger partial charge >= 0.3 is 0 Å². The van der Waals surface area contributed by atoms with Gasteiger partial charge in [-0.15, -0.1) is 0 Å². The molecule has 140 valence electrons. The topological polar surface area (TPSA) is 104 Å². The van der Waals surface area contributed by atoms with Crippen LogP contribution in [0.3, 0.4) is 0 Å². The van der Waals surface area contributed by atoms with Crippen molar-refractivity contribution in [2.75, 3.05) is 5.32 Å². The summed E-state index contributed by atoms with van der Waals surface area (Å²) in [6.45, 7) is 3.49. The minimum atomic E-state index is -3.58. The summed E-state index contributed by atoms with van der Waals surface area (Å²) in [7, 11) is -3.58. The zero-order valence-electron chi connectivity index (χ0n) is 14.9. The third kappa shape index (κ3) is 4.60. The number of rotatable bonds is 6. The van der Waals surface area contributed by atoms with Crippen LogP contribution in [0.2, 0.25) is 0 Å². The van der Waals surface area contributed by atoms with E-state index in [0.717, 1.165) is 11.3 Å². The van der Waals surface area contributed by atoms with E-state index in [1.54, 1.807) is 26.1 Å². The first kappa shape index (κ1) is 18.8. The normalized spacial score (nSPS) is 11.5. The van der Waals surface area contributed by atoms with E-state index in [1.165, 1.54) is 24.3 Å². The van der Waals surface area contributed by atoms with Crippen molar-refractivity contribution < 1.29 is 13.2 Å². The third-order valence-electron chi connectivity index (χ3n) is 3.75. The number of benzene rings is 2. The van der Waals surface area contributed by atoms with Crippen molar-refractivity contribution in [2.24, 2.45) is 0 Å². The first-order valence-electron chi connectivity index (χ1n) is 8.39. The molecule has 0 unspecified atom stereocenters. The van der Waals surface area contributed by atoms with Crippen molar-refractivity contribution in [2.45, 2.75) is 24.8 Å². The average molecular weight is 384 g/mol. The lowest BCUT2D eigenvalue weighted by Gasteiger charge is -2.10. The molecule has 0 saturated carbocycles. The van der Waals surface area contributed by atoms with Crippen LogP contribution in [0.25, 0.3) is 11.3 Å². The summed E-state index contributed by atoms with van der Waals surface area (Å²) in [5.74, 6) is -0.322. The molecule has 3 aromatic rings. The molecule has 8 heteroatoms. The van der Waals surface area contributed by atoms with E-state index in [4.69, 9.17) is 0 Å². The zero-order valence-corrected chi connectivity index (χ0v) is 15.7. The Morgan fingerprint density at radius 2 is 1.81 bits per heavy atom. The zero-order chi connectivity index (χ0) is 19.4. The Morgan fingerprint density at radius 3 is 2.44 bits per heavy atom. The predicted molar refractivity (Wildman–Crippen MR) is 104 cm³/mol. The fourth-order valence-corrected chi connectivity index (χ4v) is 3.80. The van der Waals surface area contributed by atoms with Crippen LogP contribution in [0.4, 0.5) is 5.69 Å². The van der Waals surface area contributed by atoms with Crippen LogP contribution in [-0.4, -0.2) is 30.6 Å². The number of carbonyl (C=O) groups is 1. The number of sulfonamides is 1. The highest BCUT2D eigenvalue weighted by molar-refractivity contribution is 7.89. The maximum absolute atomic E-state index is 12.5. The minimum Gasteiger partial charge on any atom is -0.322 e. The largest absolute Gasteiger partial charge is 0.322 e. The number of nitrogens with zero attached hydrogens (tertiary/aromatic N) is 1. The second kappa shape index (κ2) is 7.73. The first-order chi connectivity index (χ1) is 12.8. The van der Waals surface area contributed by atoms with Crippen molar-refractivity contribution in [3.05, 3.63) is 66.4 Å². The maximum Gasteiger partial charge on any atom is 0.255 e. The van der Waals surface area contributed by atoms with Gasteiger partial charge in [0.2, 0.25) is 10.0 Å². The van der Waals surface area contributed by atoms with Crippen molar-refractivity contribution in [1.82, 2.24) is 14.9 Å². The molecule has 1 aromatic heterocycles. The molecular formula is C19H20N4O3S. The van der Waals surface area contributed by atoms with Crippen LogP contribution in [0.15, 0.2) is 65.7 Å². The number of carbonyl (C=O) groups excluding carboxylic acids is 1. The summed E-state index contributed by atoms with van der Waals surface area (Å²) in [6, 6.07) is 14.8. The number of aromatic amines is 1. The quantitative estimate of drug-likeness (QED) is 0.608. The van der Waals surface area contributed by atoms with Crippen LogP contribution in [-0.2, 0) is 10.0 Å². The highest BCUT2D eigenvalue weighted by Crippen LogP contribution is 2.21. The molecule has 0 fully saturated rings. The molecule has 27 heavy (non-hydrogen) atoms. The molecule has 1 amide bonds. The third-order valence-corrected chi connectivity index (χ3v) is 5.42. The molecule has 1 heterocycles. The standard InChI is InChI=1S/C19H20N4O3S/c1-13(2)23-27(25,26)17-8-6-14(7-9-17)19(24)21-16-5-3-4-15(12-16)18-10-11-20-22-18/h3-13,23H,1-2H3,(H,20,22)(H,21,24). The van der Waals surface area contributed by atoms with Crippen LogP contribution >= 0.6 is 0 Å². The fourth-order valence-electron chi connectivity index (χ4n) is 2.55. The number of nitrogens with one attached hydrogen (secondary N) is 3. The Morgan fingerprint density at radius 1 is 1.07 bits per heavy atom. The molecule has 2 aromatic carbocycles. The number of amides is 1. The van der Waals surface area contributed by atoms with Gasteiger partial charge in [-0.2, -0.15) is 5.10 Å². The molecule has 0 saturated heterocycles. The first-order valence-corrected chi connectivity index (χ1v) is 9.87. The average Bonchev–Trinajstić information content (AvgIpc) is 3.16. The Bertz CT molecular complexity index is 1030. The van der Waals surface area contributed by atoms with Crippen LogP contribution in [0, 0.1) is 0 Å². The molecule has 0 aliphatic carbocycles. The summed E-state index contributed by atoms with van der Waals surface area (Å²) in [6.07, 6.45) is 1.66. The monoisotopic (exact) mass is 384 g/mol. The second-order valence-corrected chi connectivity index (χ2v) is 8.02. The molecule has 0 atom stereocenters. The smallest absolute Gasteiger partial charge is 0.255 e. The summed E-state index contributed by atoms with van der Waals surface area (Å²) in [4.78, 5) is 12.6. The van der Waals surface area contributed by atoms with Crippen LogP contribution in [0.5, 0.6) is 0 Å². The molecule has 3 N–H and O–H groups in total. The van der Waals surface area contributed by atoms with Gasteiger partial charge < -0.3 is 5.32 Å². The Hall–Kier alpha value is -2.97. The second-order valence-electron chi connectivity index (χ2n) is 6.31. The van der Waals surface area contributed by atoms with Gasteiger partial charge in [-0.1, -0.05) is 12.1 Å². The van der Waals surface area contributed by atoms with Crippen LogP contribution in [0.1, 0.15) is 24.2 Å². The summed E-state index contributed by atoms with van der Waals surface area (Å²) >= 11 is 0. The number of H-pyrrole nitrogens is 1. The molecule has 0 radical (unpaired) electrons. The molecule has 0 aliphatic rings. The van der Waals surface area contributed by atoms with E-state index in [-0.39, 0.29) is 16.8 Å². The van der Waals surface area contributed by atoms with Gasteiger partial charge in [0.25, 0.3) is 5.91 Å². The van der Waals surface area contributed by atoms with Crippen molar-refractivity contribution >= 4 is 21.6 Å². The lowest BCUT2D eigenvalue weighted by atomic mass is 10.1. The Labute approximate surface area is 157 Å². The lowest BCUT2D eigenvalue weighted by Crippen LogP contribution is -2.30. The van der Waals surface area contributed by atoms with Gasteiger partial charge in [0.05, 0.1) is 10.6 Å². The summed E-state index contributed by atoms with van der Waals surface area (Å²) in [5.41, 5.74) is 2.74. The minimum absolute atomic E-state index is 0.119. The van der Waals surface area contributed by atoms with Crippen molar-refractivity contribution in [3.8, 4) is 11.3 Å². The van der Waals surface area contributed by atoms with E-state index < -0.39 is 10.0 Å².